The molecule has 4 aromatic carbocycles. The fourth-order valence-electron chi connectivity index (χ4n) is 4.55. The number of carbonyl (C=O) groups is 1. The summed E-state index contributed by atoms with van der Waals surface area (Å²) in [5.41, 5.74) is 3.94. The van der Waals surface area contributed by atoms with Crippen LogP contribution in [0.25, 0.3) is 27.8 Å². The second-order valence-electron chi connectivity index (χ2n) is 9.14. The van der Waals surface area contributed by atoms with Crippen LogP contribution >= 0.6 is 0 Å². The third kappa shape index (κ3) is 6.11. The minimum atomic E-state index is -0.410. The molecule has 2 N–H and O–H groups in total. The number of nitriles is 1. The van der Waals surface area contributed by atoms with Gasteiger partial charge in [0, 0.05) is 23.6 Å². The lowest BCUT2D eigenvalue weighted by atomic mass is 10.1. The third-order valence-corrected chi connectivity index (χ3v) is 6.51. The monoisotopic (exact) mass is 515 g/mol. The first-order valence-corrected chi connectivity index (χ1v) is 13.0. The summed E-state index contributed by atoms with van der Waals surface area (Å²) in [4.78, 5) is 16.0. The van der Waals surface area contributed by atoms with Crippen molar-refractivity contribution in [3.63, 3.8) is 0 Å². The number of fused-ring (bicyclic) bond motifs is 2. The Labute approximate surface area is 227 Å². The second kappa shape index (κ2) is 12.0. The van der Waals surface area contributed by atoms with Crippen LogP contribution in [0.5, 0.6) is 11.5 Å². The van der Waals surface area contributed by atoms with Gasteiger partial charge in [-0.1, -0.05) is 60.7 Å². The van der Waals surface area contributed by atoms with E-state index >= 15 is 0 Å². The van der Waals surface area contributed by atoms with Crippen molar-refractivity contribution in [3.8, 4) is 17.6 Å². The van der Waals surface area contributed by atoms with E-state index in [9.17, 15) is 10.1 Å². The summed E-state index contributed by atoms with van der Waals surface area (Å²) in [5, 5.41) is 16.0. The average molecular weight is 516 g/mol. The number of hydrogen-bond acceptors (Lipinski definition) is 4. The number of benzene rings is 4. The maximum absolute atomic E-state index is 12.7. The van der Waals surface area contributed by atoms with Gasteiger partial charge in [0.1, 0.15) is 18.2 Å². The summed E-state index contributed by atoms with van der Waals surface area (Å²) in [6.07, 6.45) is 4.18. The van der Waals surface area contributed by atoms with E-state index in [0.717, 1.165) is 27.4 Å². The lowest BCUT2D eigenvalue weighted by Gasteiger charge is -2.13. The predicted molar refractivity (Wildman–Crippen MR) is 154 cm³/mol. The van der Waals surface area contributed by atoms with Gasteiger partial charge in [-0.25, -0.2) is 0 Å². The van der Waals surface area contributed by atoms with Crippen LogP contribution in [-0.4, -0.2) is 24.0 Å². The molecule has 1 heterocycles. The average Bonchev–Trinajstić information content (AvgIpc) is 3.38. The number of para-hydroxylation sites is 1. The summed E-state index contributed by atoms with van der Waals surface area (Å²) in [5.74, 6) is 0.750. The minimum absolute atomic E-state index is 0.0289. The number of hydrogen-bond donors (Lipinski definition) is 2. The van der Waals surface area contributed by atoms with Gasteiger partial charge >= 0.3 is 0 Å². The Morgan fingerprint density at radius 1 is 0.949 bits per heavy atom. The largest absolute Gasteiger partial charge is 0.490 e. The Hall–Kier alpha value is -5.02. The van der Waals surface area contributed by atoms with E-state index in [-0.39, 0.29) is 5.57 Å². The zero-order chi connectivity index (χ0) is 27.0. The van der Waals surface area contributed by atoms with Gasteiger partial charge in [0.05, 0.1) is 6.61 Å². The highest BCUT2D eigenvalue weighted by Gasteiger charge is 2.12. The lowest BCUT2D eigenvalue weighted by molar-refractivity contribution is -0.117. The number of nitrogens with one attached hydrogen (secondary N) is 2. The Kier molecular flexibility index (Phi) is 7.89. The summed E-state index contributed by atoms with van der Waals surface area (Å²) in [6, 6.07) is 29.9. The van der Waals surface area contributed by atoms with Crippen molar-refractivity contribution in [2.45, 2.75) is 20.0 Å². The van der Waals surface area contributed by atoms with Crippen LogP contribution in [0, 0.1) is 11.3 Å². The van der Waals surface area contributed by atoms with E-state index in [1.807, 2.05) is 61.7 Å². The molecule has 0 aliphatic rings. The molecule has 6 heteroatoms. The molecule has 1 aromatic heterocycles. The zero-order valence-electron chi connectivity index (χ0n) is 21.7. The molecular formula is C33H29N3O3. The predicted octanol–water partition coefficient (Wildman–Crippen LogP) is 6.56. The first-order chi connectivity index (χ1) is 19.1. The molecule has 0 unspecified atom stereocenters. The number of H-pyrrole nitrogens is 1. The van der Waals surface area contributed by atoms with E-state index in [1.165, 1.54) is 5.39 Å². The van der Waals surface area contributed by atoms with E-state index in [2.05, 4.69) is 46.7 Å². The number of aromatic nitrogens is 1. The third-order valence-electron chi connectivity index (χ3n) is 6.51. The summed E-state index contributed by atoms with van der Waals surface area (Å²) >= 11 is 0. The molecular weight excluding hydrogens is 486 g/mol. The van der Waals surface area contributed by atoms with Crippen molar-refractivity contribution in [3.05, 3.63) is 113 Å². The molecule has 1 amide bonds. The van der Waals surface area contributed by atoms with Gasteiger partial charge in [-0.2, -0.15) is 5.26 Å². The Morgan fingerprint density at radius 3 is 2.62 bits per heavy atom. The summed E-state index contributed by atoms with van der Waals surface area (Å²) in [7, 11) is 0. The quantitative estimate of drug-likeness (QED) is 0.163. The topological polar surface area (TPSA) is 87.1 Å². The van der Waals surface area contributed by atoms with Gasteiger partial charge in [0.15, 0.2) is 11.5 Å². The number of carbonyl (C=O) groups excluding carboxylic acids is 1. The minimum Gasteiger partial charge on any atom is -0.490 e. The van der Waals surface area contributed by atoms with Crippen LogP contribution in [-0.2, 0) is 17.8 Å². The fourth-order valence-corrected chi connectivity index (χ4v) is 4.55. The van der Waals surface area contributed by atoms with E-state index < -0.39 is 5.91 Å². The normalized spacial score (nSPS) is 11.3. The fraction of sp³-hybridized carbons (Fsp3) is 0.152. The van der Waals surface area contributed by atoms with Crippen LogP contribution in [0.15, 0.2) is 96.7 Å². The molecule has 39 heavy (non-hydrogen) atoms. The molecule has 5 aromatic rings. The van der Waals surface area contributed by atoms with Crippen LogP contribution in [0.2, 0.25) is 0 Å². The van der Waals surface area contributed by atoms with Crippen LogP contribution in [0.4, 0.5) is 0 Å². The van der Waals surface area contributed by atoms with Crippen molar-refractivity contribution in [2.24, 2.45) is 0 Å². The van der Waals surface area contributed by atoms with Crippen LogP contribution < -0.4 is 14.8 Å². The van der Waals surface area contributed by atoms with Crippen LogP contribution in [0.3, 0.4) is 0 Å². The van der Waals surface area contributed by atoms with E-state index in [1.54, 1.807) is 12.1 Å². The maximum Gasteiger partial charge on any atom is 0.261 e. The van der Waals surface area contributed by atoms with Gasteiger partial charge < -0.3 is 19.8 Å². The molecule has 0 atom stereocenters. The van der Waals surface area contributed by atoms with E-state index in [4.69, 9.17) is 9.47 Å². The number of amides is 1. The number of ether oxygens (including phenoxy) is 2. The highest BCUT2D eigenvalue weighted by Crippen LogP contribution is 2.30. The molecule has 0 fully saturated rings. The molecule has 0 saturated heterocycles. The molecule has 6 nitrogen and oxygen atoms in total. The summed E-state index contributed by atoms with van der Waals surface area (Å²) in [6.45, 7) is 3.17. The van der Waals surface area contributed by atoms with E-state index in [0.29, 0.717) is 43.2 Å². The van der Waals surface area contributed by atoms with Crippen molar-refractivity contribution < 1.29 is 14.3 Å². The standard InChI is InChI=1S/C33H29N3O3/c1-2-38-32-19-23(12-14-31(32)39-22-24-11-13-25-7-3-4-8-26(25)18-24)17-28(20-34)33(37)35-16-15-27-21-36-30-10-6-5-9-29(27)30/h3-14,17-19,21,36H,2,15-16,22H2,1H3,(H,35,37)/b28-17-. The highest BCUT2D eigenvalue weighted by molar-refractivity contribution is 6.01. The van der Waals surface area contributed by atoms with Crippen molar-refractivity contribution in [1.82, 2.24) is 10.3 Å². The molecule has 5 rings (SSSR count). The van der Waals surface area contributed by atoms with Crippen molar-refractivity contribution >= 4 is 33.7 Å². The second-order valence-corrected chi connectivity index (χ2v) is 9.14. The van der Waals surface area contributed by atoms with Gasteiger partial charge in [0.25, 0.3) is 5.91 Å². The number of nitrogens with zero attached hydrogens (tertiary/aromatic N) is 1. The molecule has 0 aliphatic heterocycles. The first-order valence-electron chi connectivity index (χ1n) is 13.0. The Morgan fingerprint density at radius 2 is 1.77 bits per heavy atom. The number of rotatable bonds is 10. The lowest BCUT2D eigenvalue weighted by Crippen LogP contribution is -2.26. The van der Waals surface area contributed by atoms with Gasteiger partial charge in [-0.15, -0.1) is 0 Å². The molecule has 0 spiro atoms. The Bertz CT molecular complexity index is 1690. The SMILES string of the molecule is CCOc1cc(/C=C(/C#N)C(=O)NCCc2c[nH]c3ccccc23)ccc1OCc1ccc2ccccc2c1. The molecule has 194 valence electrons. The molecule has 0 aliphatic carbocycles. The van der Waals surface area contributed by atoms with Gasteiger partial charge in [-0.05, 0) is 71.1 Å². The smallest absolute Gasteiger partial charge is 0.261 e. The van der Waals surface area contributed by atoms with Crippen molar-refractivity contribution in [1.29, 1.82) is 5.26 Å². The molecule has 0 bridgehead atoms. The Balaban J connectivity index is 1.24. The maximum atomic E-state index is 12.7. The number of aromatic amines is 1. The summed E-state index contributed by atoms with van der Waals surface area (Å²) < 4.78 is 11.9. The molecule has 0 radical (unpaired) electrons. The highest BCUT2D eigenvalue weighted by atomic mass is 16.5. The van der Waals surface area contributed by atoms with Gasteiger partial charge in [-0.3, -0.25) is 4.79 Å². The van der Waals surface area contributed by atoms with Crippen LogP contribution in [0.1, 0.15) is 23.6 Å². The van der Waals surface area contributed by atoms with Gasteiger partial charge in [0.2, 0.25) is 0 Å². The molecule has 0 saturated carbocycles. The zero-order valence-corrected chi connectivity index (χ0v) is 21.7. The van der Waals surface area contributed by atoms with Crippen molar-refractivity contribution in [2.75, 3.05) is 13.2 Å². The first kappa shape index (κ1) is 25.6.